The van der Waals surface area contributed by atoms with Crippen LogP contribution in [0, 0.1) is 31.4 Å². The molecule has 38 heavy (non-hydrogen) atoms. The van der Waals surface area contributed by atoms with E-state index < -0.39 is 22.8 Å². The highest BCUT2D eigenvalue weighted by Crippen LogP contribution is 2.44. The van der Waals surface area contributed by atoms with E-state index in [1.54, 1.807) is 44.4 Å². The van der Waals surface area contributed by atoms with E-state index in [2.05, 4.69) is 19.9 Å². The summed E-state index contributed by atoms with van der Waals surface area (Å²) in [5.74, 6) is -1.17. The summed E-state index contributed by atoms with van der Waals surface area (Å²) in [7, 11) is 0. The molecule has 1 saturated carbocycles. The van der Waals surface area contributed by atoms with Crippen molar-refractivity contribution in [3.05, 3.63) is 92.6 Å². The van der Waals surface area contributed by atoms with Crippen molar-refractivity contribution in [1.82, 2.24) is 24.5 Å². The molecule has 4 heterocycles. The normalized spacial score (nSPS) is 14.8. The van der Waals surface area contributed by atoms with Crippen LogP contribution in [0.25, 0.3) is 17.1 Å². The van der Waals surface area contributed by atoms with Crippen molar-refractivity contribution < 1.29 is 18.6 Å². The Morgan fingerprint density at radius 1 is 1.13 bits per heavy atom. The Balaban J connectivity index is 1.49. The first-order chi connectivity index (χ1) is 18.1. The second-order valence-electron chi connectivity index (χ2n) is 9.52. The van der Waals surface area contributed by atoms with Crippen LogP contribution >= 0.6 is 11.6 Å². The number of ether oxygens (including phenoxy) is 1. The van der Waals surface area contributed by atoms with Crippen molar-refractivity contribution in [1.29, 1.82) is 0 Å². The van der Waals surface area contributed by atoms with Gasteiger partial charge in [-0.1, -0.05) is 11.6 Å². The molecule has 0 unspecified atom stereocenters. The van der Waals surface area contributed by atoms with Crippen LogP contribution in [0.4, 0.5) is 8.78 Å². The lowest BCUT2D eigenvalue weighted by Crippen LogP contribution is -2.27. The maximum atomic E-state index is 13.9. The van der Waals surface area contributed by atoms with E-state index in [1.807, 2.05) is 6.92 Å². The number of halogens is 3. The third-order valence-electron chi connectivity index (χ3n) is 6.61. The molecule has 0 aliphatic heterocycles. The van der Waals surface area contributed by atoms with Crippen molar-refractivity contribution in [3.63, 3.8) is 0 Å². The van der Waals surface area contributed by atoms with Gasteiger partial charge in [0.1, 0.15) is 34.5 Å². The van der Waals surface area contributed by atoms with Gasteiger partial charge in [0, 0.05) is 30.2 Å². The van der Waals surface area contributed by atoms with Crippen molar-refractivity contribution in [3.8, 4) is 22.8 Å². The first-order valence-electron chi connectivity index (χ1n) is 11.9. The average Bonchev–Trinajstić information content (AvgIpc) is 3.74. The molecule has 5 rings (SSSR count). The van der Waals surface area contributed by atoms with Gasteiger partial charge < -0.3 is 9.84 Å². The minimum atomic E-state index is -1.13. The lowest BCUT2D eigenvalue weighted by molar-refractivity contribution is 0.0240. The zero-order chi connectivity index (χ0) is 27.2. The number of nitrogens with zero attached hydrogens (tertiary/aromatic N) is 5. The van der Waals surface area contributed by atoms with Crippen LogP contribution in [0.2, 0.25) is 5.02 Å². The Labute approximate surface area is 222 Å². The molecule has 1 N–H and O–H groups in total. The zero-order valence-electron chi connectivity index (χ0n) is 20.9. The molecule has 0 spiro atoms. The van der Waals surface area contributed by atoms with Crippen LogP contribution in [-0.4, -0.2) is 29.6 Å². The van der Waals surface area contributed by atoms with E-state index >= 15 is 0 Å². The second-order valence-corrected chi connectivity index (χ2v) is 9.90. The van der Waals surface area contributed by atoms with Gasteiger partial charge in [0.15, 0.2) is 11.6 Å². The molecule has 8 nitrogen and oxygen atoms in total. The van der Waals surface area contributed by atoms with Gasteiger partial charge >= 0.3 is 0 Å². The molecule has 11 heteroatoms. The summed E-state index contributed by atoms with van der Waals surface area (Å²) in [6, 6.07) is 5.67. The maximum Gasteiger partial charge on any atom is 0.277 e. The third-order valence-corrected chi connectivity index (χ3v) is 6.95. The fourth-order valence-electron chi connectivity index (χ4n) is 4.25. The van der Waals surface area contributed by atoms with Crippen LogP contribution in [0.3, 0.4) is 0 Å². The van der Waals surface area contributed by atoms with Crippen molar-refractivity contribution >= 4 is 11.6 Å². The van der Waals surface area contributed by atoms with Gasteiger partial charge in [-0.05, 0) is 57.2 Å². The van der Waals surface area contributed by atoms with Crippen LogP contribution in [0.15, 0.2) is 47.7 Å². The maximum absolute atomic E-state index is 13.9. The summed E-state index contributed by atoms with van der Waals surface area (Å²) in [6.07, 6.45) is 5.93. The summed E-state index contributed by atoms with van der Waals surface area (Å²) >= 11 is 6.37. The van der Waals surface area contributed by atoms with Crippen molar-refractivity contribution in [2.75, 3.05) is 0 Å². The van der Waals surface area contributed by atoms with Gasteiger partial charge in [-0.3, -0.25) is 19.3 Å². The molecule has 0 saturated heterocycles. The quantitative estimate of drug-likeness (QED) is 0.359. The number of aromatic nitrogens is 5. The van der Waals surface area contributed by atoms with Gasteiger partial charge in [0.05, 0.1) is 23.3 Å². The average molecular weight is 540 g/mol. The van der Waals surface area contributed by atoms with E-state index in [4.69, 9.17) is 16.3 Å². The van der Waals surface area contributed by atoms with Crippen molar-refractivity contribution in [2.45, 2.75) is 45.8 Å². The lowest BCUT2D eigenvalue weighted by atomic mass is 9.99. The largest absolute Gasteiger partial charge is 0.485 e. The molecule has 1 aliphatic carbocycles. The highest BCUT2D eigenvalue weighted by molar-refractivity contribution is 6.31. The molecule has 4 aromatic heterocycles. The SMILES string of the molecule is Cc1cnc(-c2ccnc([C@@](C)(O)C3CC3)n2)cc1-n1c(C)cc(OCc2ncc(F)cc2F)c(Cl)c1=O. The minimum Gasteiger partial charge on any atom is -0.485 e. The first-order valence-corrected chi connectivity index (χ1v) is 12.3. The number of aryl methyl sites for hydroxylation is 2. The van der Waals surface area contributed by atoms with Gasteiger partial charge in [0.2, 0.25) is 0 Å². The predicted molar refractivity (Wildman–Crippen MR) is 136 cm³/mol. The highest BCUT2D eigenvalue weighted by atomic mass is 35.5. The zero-order valence-corrected chi connectivity index (χ0v) is 21.6. The van der Waals surface area contributed by atoms with Crippen LogP contribution < -0.4 is 10.3 Å². The van der Waals surface area contributed by atoms with Crippen LogP contribution in [0.5, 0.6) is 5.75 Å². The van der Waals surface area contributed by atoms with E-state index in [1.165, 1.54) is 4.57 Å². The van der Waals surface area contributed by atoms with Gasteiger partial charge in [-0.25, -0.2) is 18.7 Å². The molecular weight excluding hydrogens is 516 g/mol. The molecule has 1 atom stereocenters. The Morgan fingerprint density at radius 2 is 1.89 bits per heavy atom. The third kappa shape index (κ3) is 4.89. The molecule has 1 fully saturated rings. The van der Waals surface area contributed by atoms with E-state index in [-0.39, 0.29) is 29.0 Å². The molecule has 0 amide bonds. The Kier molecular flexibility index (Phi) is 6.70. The fraction of sp³-hybridized carbons (Fsp3) is 0.296. The number of rotatable bonds is 7. The van der Waals surface area contributed by atoms with Crippen LogP contribution in [-0.2, 0) is 12.2 Å². The highest BCUT2D eigenvalue weighted by Gasteiger charge is 2.43. The van der Waals surface area contributed by atoms with E-state index in [9.17, 15) is 18.7 Å². The number of hydrogen-bond donors (Lipinski definition) is 1. The predicted octanol–water partition coefficient (Wildman–Crippen LogP) is 4.83. The van der Waals surface area contributed by atoms with Crippen molar-refractivity contribution in [2.24, 2.45) is 5.92 Å². The summed E-state index contributed by atoms with van der Waals surface area (Å²) in [4.78, 5) is 30.3. The van der Waals surface area contributed by atoms with Gasteiger partial charge in [0.25, 0.3) is 5.56 Å². The molecule has 196 valence electrons. The molecule has 4 aromatic rings. The summed E-state index contributed by atoms with van der Waals surface area (Å²) in [5.41, 5.74) is 0.934. The van der Waals surface area contributed by atoms with E-state index in [0.29, 0.717) is 40.2 Å². The lowest BCUT2D eigenvalue weighted by Gasteiger charge is -2.21. The summed E-state index contributed by atoms with van der Waals surface area (Å²) in [6.45, 7) is 4.89. The topological polar surface area (TPSA) is 103 Å². The monoisotopic (exact) mass is 539 g/mol. The standard InChI is InChI=1S/C27H24ClF2N5O3/c1-14-11-32-20(19-6-7-31-26(34-19)27(3,37)16-4-5-16)10-22(14)35-15(2)8-23(24(28)25(35)36)38-13-21-18(30)9-17(29)12-33-21/h6-12,16,37H,4-5,13H2,1-3H3/t27-/m0/s1. The number of hydrogen-bond acceptors (Lipinski definition) is 7. The number of pyridine rings is 3. The molecule has 0 bridgehead atoms. The Hall–Kier alpha value is -3.76. The van der Waals surface area contributed by atoms with Gasteiger partial charge in [-0.2, -0.15) is 0 Å². The molecule has 0 aromatic carbocycles. The molecule has 1 aliphatic rings. The van der Waals surface area contributed by atoms with Crippen LogP contribution in [0.1, 0.15) is 42.5 Å². The Bertz CT molecular complexity index is 1600. The molecular formula is C27H24ClF2N5O3. The second kappa shape index (κ2) is 9.85. The van der Waals surface area contributed by atoms with Gasteiger partial charge in [-0.15, -0.1) is 0 Å². The minimum absolute atomic E-state index is 0.0469. The smallest absolute Gasteiger partial charge is 0.277 e. The summed E-state index contributed by atoms with van der Waals surface area (Å²) in [5, 5.41) is 10.7. The Morgan fingerprint density at radius 3 is 2.61 bits per heavy atom. The fourth-order valence-corrected chi connectivity index (χ4v) is 4.44. The first kappa shape index (κ1) is 25.9. The molecule has 0 radical (unpaired) electrons. The summed E-state index contributed by atoms with van der Waals surface area (Å²) < 4.78 is 34.1. The van der Waals surface area contributed by atoms with E-state index in [0.717, 1.165) is 19.0 Å². The number of aliphatic hydroxyl groups is 1.